The van der Waals surface area contributed by atoms with Crippen LogP contribution in [0.5, 0.6) is 0 Å². The minimum absolute atomic E-state index is 0.116. The molecule has 1 aliphatic carbocycles. The van der Waals surface area contributed by atoms with Crippen molar-refractivity contribution < 1.29 is 18.4 Å². The van der Waals surface area contributed by atoms with E-state index in [-0.39, 0.29) is 36.8 Å². The second-order valence-corrected chi connectivity index (χ2v) is 9.27. The molecule has 5 rings (SSSR count). The topological polar surface area (TPSA) is 67.5 Å². The Hall–Kier alpha value is -3.35. The summed E-state index contributed by atoms with van der Waals surface area (Å²) in [4.78, 5) is 29.0. The van der Waals surface area contributed by atoms with Gasteiger partial charge in [0.25, 0.3) is 5.91 Å². The lowest BCUT2D eigenvalue weighted by Gasteiger charge is -2.45. The number of hydrogen-bond acceptors (Lipinski definition) is 3. The van der Waals surface area contributed by atoms with Gasteiger partial charge >= 0.3 is 0 Å². The number of aromatic nitrogens is 1. The van der Waals surface area contributed by atoms with Crippen molar-refractivity contribution in [1.82, 2.24) is 14.8 Å². The molecule has 0 radical (unpaired) electrons. The average Bonchev–Trinajstić information content (AvgIpc) is 3.47. The molecule has 1 N–H and O–H groups in total. The molecule has 3 heterocycles. The molecular formula is C26H28FN3O3. The van der Waals surface area contributed by atoms with Crippen LogP contribution >= 0.6 is 0 Å². The van der Waals surface area contributed by atoms with E-state index in [4.69, 9.17) is 4.42 Å². The third-order valence-electron chi connectivity index (χ3n) is 6.94. The van der Waals surface area contributed by atoms with Gasteiger partial charge in [-0.05, 0) is 61.7 Å². The van der Waals surface area contributed by atoms with Crippen molar-refractivity contribution in [1.29, 1.82) is 0 Å². The molecule has 0 unspecified atom stereocenters. The highest BCUT2D eigenvalue weighted by molar-refractivity contribution is 6.00. The van der Waals surface area contributed by atoms with E-state index >= 15 is 0 Å². The standard InChI is InChI=1S/C26H28FN3O3/c1-26(25(32)28-20-9-3-2-4-10-20)17-29-21(23-11-6-14-33-23)12-13-22(29)24(31)30(26)16-18-7-5-8-19(27)15-18/h5-8,11-15,20H,2-4,9-10,16-17H2,1H3,(H,28,32)/t26-/m0/s1. The number of amides is 2. The molecule has 2 aliphatic rings. The highest BCUT2D eigenvalue weighted by Gasteiger charge is 2.48. The fraction of sp³-hybridized carbons (Fsp3) is 0.385. The number of fused-ring (bicyclic) bond motifs is 1. The van der Waals surface area contributed by atoms with E-state index in [1.165, 1.54) is 18.6 Å². The van der Waals surface area contributed by atoms with E-state index in [2.05, 4.69) is 5.32 Å². The van der Waals surface area contributed by atoms with Crippen molar-refractivity contribution in [2.75, 3.05) is 0 Å². The zero-order chi connectivity index (χ0) is 23.0. The number of nitrogens with zero attached hydrogens (tertiary/aromatic N) is 2. The summed E-state index contributed by atoms with van der Waals surface area (Å²) in [6.07, 6.45) is 6.87. The fourth-order valence-corrected chi connectivity index (χ4v) is 5.07. The Morgan fingerprint density at radius 3 is 2.64 bits per heavy atom. The summed E-state index contributed by atoms with van der Waals surface area (Å²) in [6.45, 7) is 2.23. The van der Waals surface area contributed by atoms with Gasteiger partial charge in [-0.25, -0.2) is 4.39 Å². The molecular weight excluding hydrogens is 421 g/mol. The average molecular weight is 450 g/mol. The summed E-state index contributed by atoms with van der Waals surface area (Å²) >= 11 is 0. The smallest absolute Gasteiger partial charge is 0.271 e. The maximum atomic E-state index is 13.9. The van der Waals surface area contributed by atoms with Crippen LogP contribution in [0.2, 0.25) is 0 Å². The molecule has 0 bridgehead atoms. The maximum Gasteiger partial charge on any atom is 0.271 e. The van der Waals surface area contributed by atoms with Crippen LogP contribution in [0, 0.1) is 5.82 Å². The lowest BCUT2D eigenvalue weighted by atomic mass is 9.91. The van der Waals surface area contributed by atoms with Crippen molar-refractivity contribution in [3.63, 3.8) is 0 Å². The van der Waals surface area contributed by atoms with Gasteiger partial charge in [0.1, 0.15) is 22.8 Å². The third-order valence-corrected chi connectivity index (χ3v) is 6.94. The van der Waals surface area contributed by atoms with Crippen LogP contribution in [0.4, 0.5) is 4.39 Å². The first kappa shape index (κ1) is 21.5. The maximum absolute atomic E-state index is 13.9. The Morgan fingerprint density at radius 1 is 1.12 bits per heavy atom. The number of furan rings is 1. The molecule has 1 saturated carbocycles. The Balaban J connectivity index is 1.53. The van der Waals surface area contributed by atoms with Gasteiger partial charge in [-0.15, -0.1) is 0 Å². The quantitative estimate of drug-likeness (QED) is 0.611. The predicted molar refractivity (Wildman–Crippen MR) is 122 cm³/mol. The molecule has 0 spiro atoms. The zero-order valence-corrected chi connectivity index (χ0v) is 18.7. The highest BCUT2D eigenvalue weighted by atomic mass is 19.1. The van der Waals surface area contributed by atoms with Crippen molar-refractivity contribution in [2.45, 2.75) is 63.7 Å². The number of nitrogens with one attached hydrogen (secondary N) is 1. The molecule has 1 aliphatic heterocycles. The first-order chi connectivity index (χ1) is 16.0. The van der Waals surface area contributed by atoms with Gasteiger partial charge in [0, 0.05) is 12.6 Å². The lowest BCUT2D eigenvalue weighted by Crippen LogP contribution is -2.64. The summed E-state index contributed by atoms with van der Waals surface area (Å²) in [5.41, 5.74) is 0.742. The monoisotopic (exact) mass is 449 g/mol. The second-order valence-electron chi connectivity index (χ2n) is 9.27. The van der Waals surface area contributed by atoms with Crippen molar-refractivity contribution in [3.8, 4) is 11.5 Å². The summed E-state index contributed by atoms with van der Waals surface area (Å²) < 4.78 is 21.3. The van der Waals surface area contributed by atoms with Crippen molar-refractivity contribution in [2.24, 2.45) is 0 Å². The van der Waals surface area contributed by atoms with Gasteiger partial charge in [-0.3, -0.25) is 9.59 Å². The molecule has 33 heavy (non-hydrogen) atoms. The number of benzene rings is 1. The minimum Gasteiger partial charge on any atom is -0.463 e. The largest absolute Gasteiger partial charge is 0.463 e. The summed E-state index contributed by atoms with van der Waals surface area (Å²) in [5, 5.41) is 3.21. The van der Waals surface area contributed by atoms with Crippen LogP contribution in [0.1, 0.15) is 55.1 Å². The first-order valence-electron chi connectivity index (χ1n) is 11.6. The Bertz CT molecular complexity index is 1160. The Kier molecular flexibility index (Phi) is 5.56. The van der Waals surface area contributed by atoms with Crippen LogP contribution in [-0.2, 0) is 17.9 Å². The van der Waals surface area contributed by atoms with Crippen LogP contribution in [0.25, 0.3) is 11.5 Å². The van der Waals surface area contributed by atoms with Crippen LogP contribution in [-0.4, -0.2) is 32.9 Å². The molecule has 3 aromatic rings. The van der Waals surface area contributed by atoms with E-state index < -0.39 is 5.54 Å². The summed E-state index contributed by atoms with van der Waals surface area (Å²) in [7, 11) is 0. The van der Waals surface area contributed by atoms with E-state index in [0.717, 1.165) is 31.4 Å². The highest BCUT2D eigenvalue weighted by Crippen LogP contribution is 2.34. The molecule has 2 aromatic heterocycles. The molecule has 172 valence electrons. The summed E-state index contributed by atoms with van der Waals surface area (Å²) in [5.74, 6) is -0.162. The molecule has 1 aromatic carbocycles. The molecule has 0 saturated heterocycles. The van der Waals surface area contributed by atoms with Crippen LogP contribution in [0.15, 0.2) is 59.2 Å². The Morgan fingerprint density at radius 2 is 1.91 bits per heavy atom. The normalized spacial score (nSPS) is 21.2. The Labute approximate surface area is 192 Å². The summed E-state index contributed by atoms with van der Waals surface area (Å²) in [6, 6.07) is 13.5. The number of rotatable bonds is 5. The predicted octanol–water partition coefficient (Wildman–Crippen LogP) is 4.75. The van der Waals surface area contributed by atoms with Crippen molar-refractivity contribution >= 4 is 11.8 Å². The van der Waals surface area contributed by atoms with Gasteiger partial charge in [0.05, 0.1) is 18.5 Å². The number of carbonyl (C=O) groups excluding carboxylic acids is 2. The first-order valence-corrected chi connectivity index (χ1v) is 11.6. The number of carbonyl (C=O) groups is 2. The fourth-order valence-electron chi connectivity index (χ4n) is 5.07. The molecule has 7 heteroatoms. The molecule has 1 atom stereocenters. The van der Waals surface area contributed by atoms with Gasteiger partial charge in [0.2, 0.25) is 5.91 Å². The molecule has 1 fully saturated rings. The SMILES string of the molecule is C[C@@]1(C(=O)NC2CCCCC2)Cn2c(ccc2-c2ccco2)C(=O)N1Cc1cccc(F)c1. The molecule has 6 nitrogen and oxygen atoms in total. The van der Waals surface area contributed by atoms with Gasteiger partial charge in [-0.2, -0.15) is 0 Å². The zero-order valence-electron chi connectivity index (χ0n) is 18.7. The number of halogens is 1. The third kappa shape index (κ3) is 3.96. The van der Waals surface area contributed by atoms with Gasteiger partial charge < -0.3 is 19.2 Å². The van der Waals surface area contributed by atoms with E-state index in [9.17, 15) is 14.0 Å². The molecule has 2 amide bonds. The minimum atomic E-state index is -1.14. The lowest BCUT2D eigenvalue weighted by molar-refractivity contribution is -0.134. The van der Waals surface area contributed by atoms with Crippen molar-refractivity contribution in [3.05, 3.63) is 71.9 Å². The van der Waals surface area contributed by atoms with E-state index in [0.29, 0.717) is 17.0 Å². The van der Waals surface area contributed by atoms with Crippen LogP contribution in [0.3, 0.4) is 0 Å². The van der Waals surface area contributed by atoms with E-state index in [1.54, 1.807) is 42.4 Å². The second kappa shape index (κ2) is 8.54. The van der Waals surface area contributed by atoms with Crippen LogP contribution < -0.4 is 5.32 Å². The van der Waals surface area contributed by atoms with E-state index in [1.807, 2.05) is 16.7 Å². The van der Waals surface area contributed by atoms with Gasteiger partial charge in [0.15, 0.2) is 0 Å². The van der Waals surface area contributed by atoms with Gasteiger partial charge in [-0.1, -0.05) is 31.4 Å². The number of hydrogen-bond donors (Lipinski definition) is 1.